The quantitative estimate of drug-likeness (QED) is 0.743. The summed E-state index contributed by atoms with van der Waals surface area (Å²) < 4.78 is 40.6. The van der Waals surface area contributed by atoms with Gasteiger partial charge >= 0.3 is 6.18 Å². The first-order valence-electron chi connectivity index (χ1n) is 5.91. The van der Waals surface area contributed by atoms with Crippen LogP contribution in [0, 0.1) is 6.92 Å². The number of halogens is 3. The van der Waals surface area contributed by atoms with E-state index >= 15 is 0 Å². The molecule has 104 valence electrons. The van der Waals surface area contributed by atoms with E-state index in [1.807, 2.05) is 6.92 Å². The Balaban J connectivity index is 2.34. The molecule has 0 fully saturated rings. The minimum atomic E-state index is -4.41. The summed E-state index contributed by atoms with van der Waals surface area (Å²) in [5, 5.41) is 7.02. The van der Waals surface area contributed by atoms with E-state index in [-0.39, 0.29) is 0 Å². The fraction of sp³-hybridized carbons (Fsp3) is 0.231. The number of nitrogens with zero attached hydrogens (tertiary/aromatic N) is 3. The Kier molecular flexibility index (Phi) is 2.60. The third-order valence-electron chi connectivity index (χ3n) is 3.35. The number of benzene rings is 1. The molecule has 4 nitrogen and oxygen atoms in total. The Morgan fingerprint density at radius 1 is 1.20 bits per heavy atom. The average molecular weight is 280 g/mol. The topological polar surface area (TPSA) is 46.5 Å². The Hall–Kier alpha value is -2.31. The molecule has 0 aliphatic carbocycles. The summed E-state index contributed by atoms with van der Waals surface area (Å²) in [5.74, 6) is 0.486. The van der Waals surface area contributed by atoms with Crippen molar-refractivity contribution in [3.05, 3.63) is 35.8 Å². The number of nitrogens with one attached hydrogen (secondary N) is 1. The van der Waals surface area contributed by atoms with Crippen molar-refractivity contribution >= 4 is 10.9 Å². The molecular weight excluding hydrogens is 269 g/mol. The molecule has 2 heterocycles. The van der Waals surface area contributed by atoms with Crippen molar-refractivity contribution in [1.82, 2.24) is 19.7 Å². The van der Waals surface area contributed by atoms with Crippen LogP contribution in [-0.4, -0.2) is 19.7 Å². The molecule has 0 unspecified atom stereocenters. The number of aromatic amines is 1. The zero-order valence-corrected chi connectivity index (χ0v) is 10.8. The number of aromatic nitrogens is 4. The van der Waals surface area contributed by atoms with Crippen LogP contribution in [0.5, 0.6) is 0 Å². The molecule has 0 saturated heterocycles. The molecule has 2 aromatic heterocycles. The second kappa shape index (κ2) is 4.09. The summed E-state index contributed by atoms with van der Waals surface area (Å²) in [6.45, 7) is 1.84. The molecule has 3 rings (SSSR count). The van der Waals surface area contributed by atoms with Gasteiger partial charge in [-0.05, 0) is 19.1 Å². The molecule has 0 aliphatic heterocycles. The van der Waals surface area contributed by atoms with E-state index in [1.165, 1.54) is 6.20 Å². The highest BCUT2D eigenvalue weighted by Gasteiger charge is 2.32. The highest BCUT2D eigenvalue weighted by Crippen LogP contribution is 2.36. The molecule has 7 heteroatoms. The van der Waals surface area contributed by atoms with E-state index in [2.05, 4.69) is 15.2 Å². The van der Waals surface area contributed by atoms with Crippen LogP contribution in [0.15, 0.2) is 24.5 Å². The van der Waals surface area contributed by atoms with Crippen molar-refractivity contribution in [2.45, 2.75) is 13.1 Å². The molecular formula is C13H11F3N4. The smallest absolute Gasteiger partial charge is 0.331 e. The van der Waals surface area contributed by atoms with Crippen LogP contribution in [0.1, 0.15) is 11.3 Å². The van der Waals surface area contributed by atoms with Crippen molar-refractivity contribution in [3.8, 4) is 11.4 Å². The van der Waals surface area contributed by atoms with E-state index in [1.54, 1.807) is 17.8 Å². The maximum Gasteiger partial charge on any atom is 0.416 e. The summed E-state index contributed by atoms with van der Waals surface area (Å²) in [5.41, 5.74) is 0.911. The van der Waals surface area contributed by atoms with Gasteiger partial charge in [0.2, 0.25) is 0 Å². The molecule has 0 spiro atoms. The van der Waals surface area contributed by atoms with Crippen LogP contribution >= 0.6 is 0 Å². The van der Waals surface area contributed by atoms with Crippen LogP contribution in [0.2, 0.25) is 0 Å². The largest absolute Gasteiger partial charge is 0.416 e. The van der Waals surface area contributed by atoms with Gasteiger partial charge in [-0.25, -0.2) is 4.98 Å². The van der Waals surface area contributed by atoms with Gasteiger partial charge < -0.3 is 4.57 Å². The molecule has 1 N–H and O–H groups in total. The van der Waals surface area contributed by atoms with Crippen LogP contribution < -0.4 is 0 Å². The first-order chi connectivity index (χ1) is 9.38. The maximum atomic E-state index is 13.0. The number of hydrogen-bond donors (Lipinski definition) is 1. The van der Waals surface area contributed by atoms with Gasteiger partial charge in [-0.1, -0.05) is 0 Å². The first-order valence-corrected chi connectivity index (χ1v) is 5.91. The van der Waals surface area contributed by atoms with E-state index in [4.69, 9.17) is 0 Å². The fourth-order valence-corrected chi connectivity index (χ4v) is 2.14. The molecule has 0 amide bonds. The lowest BCUT2D eigenvalue weighted by molar-refractivity contribution is -0.137. The van der Waals surface area contributed by atoms with Crippen molar-refractivity contribution < 1.29 is 13.2 Å². The Morgan fingerprint density at radius 3 is 2.55 bits per heavy atom. The molecule has 0 saturated carbocycles. The van der Waals surface area contributed by atoms with Crippen LogP contribution in [0.3, 0.4) is 0 Å². The number of aryl methyl sites for hydroxylation is 1. The van der Waals surface area contributed by atoms with Crippen molar-refractivity contribution in [1.29, 1.82) is 0 Å². The number of alkyl halides is 3. The number of H-pyrrole nitrogens is 1. The number of fused-ring (bicyclic) bond motifs is 1. The number of hydrogen-bond acceptors (Lipinski definition) is 2. The standard InChI is InChI=1S/C13H11F3N4/c1-7-5-17-12(20(7)2)9-3-8(13(14,15)16)4-11-10(9)6-18-19-11/h3-6H,1-2H3,(H,18,19). The van der Waals surface area contributed by atoms with Crippen molar-refractivity contribution in [3.63, 3.8) is 0 Å². The minimum absolute atomic E-state index is 0.343. The van der Waals surface area contributed by atoms with Crippen LogP contribution in [0.25, 0.3) is 22.3 Å². The zero-order chi connectivity index (χ0) is 14.5. The van der Waals surface area contributed by atoms with Gasteiger partial charge in [0, 0.05) is 29.9 Å². The molecule has 3 aromatic rings. The second-order valence-corrected chi connectivity index (χ2v) is 4.64. The van der Waals surface area contributed by atoms with Gasteiger partial charge in [-0.2, -0.15) is 18.3 Å². The normalized spacial score (nSPS) is 12.2. The molecule has 0 radical (unpaired) electrons. The number of rotatable bonds is 1. The molecule has 0 bridgehead atoms. The average Bonchev–Trinajstić information content (AvgIpc) is 2.96. The van der Waals surface area contributed by atoms with Gasteiger partial charge in [0.05, 0.1) is 17.3 Å². The number of imidazole rings is 1. The Morgan fingerprint density at radius 2 is 1.95 bits per heavy atom. The SMILES string of the molecule is Cc1cnc(-c2cc(C(F)(F)F)cc3[nH]ncc23)n1C. The third-order valence-corrected chi connectivity index (χ3v) is 3.35. The van der Waals surface area contributed by atoms with Gasteiger partial charge in [0.1, 0.15) is 5.82 Å². The van der Waals surface area contributed by atoms with E-state index in [0.717, 1.165) is 17.8 Å². The predicted octanol–water partition coefficient (Wildman–Crippen LogP) is 3.29. The second-order valence-electron chi connectivity index (χ2n) is 4.64. The van der Waals surface area contributed by atoms with Gasteiger partial charge in [-0.15, -0.1) is 0 Å². The molecule has 1 aromatic carbocycles. The molecule has 20 heavy (non-hydrogen) atoms. The molecule has 0 aliphatic rings. The lowest BCUT2D eigenvalue weighted by Gasteiger charge is -2.10. The summed E-state index contributed by atoms with van der Waals surface area (Å²) >= 11 is 0. The van der Waals surface area contributed by atoms with Crippen molar-refractivity contribution in [2.24, 2.45) is 7.05 Å². The maximum absolute atomic E-state index is 13.0. The summed E-state index contributed by atoms with van der Waals surface area (Å²) in [6, 6.07) is 2.17. The Bertz CT molecular complexity index is 783. The zero-order valence-electron chi connectivity index (χ0n) is 10.8. The van der Waals surface area contributed by atoms with Gasteiger partial charge in [0.25, 0.3) is 0 Å². The first kappa shape index (κ1) is 12.7. The highest BCUT2D eigenvalue weighted by atomic mass is 19.4. The van der Waals surface area contributed by atoms with E-state index in [0.29, 0.717) is 22.3 Å². The summed E-state index contributed by atoms with van der Waals surface area (Å²) in [7, 11) is 1.77. The Labute approximate surface area is 112 Å². The van der Waals surface area contributed by atoms with E-state index < -0.39 is 11.7 Å². The fourth-order valence-electron chi connectivity index (χ4n) is 2.14. The lowest BCUT2D eigenvalue weighted by atomic mass is 10.1. The summed E-state index contributed by atoms with van der Waals surface area (Å²) in [4.78, 5) is 4.19. The van der Waals surface area contributed by atoms with Crippen LogP contribution in [0.4, 0.5) is 13.2 Å². The van der Waals surface area contributed by atoms with Gasteiger partial charge in [0.15, 0.2) is 0 Å². The lowest BCUT2D eigenvalue weighted by Crippen LogP contribution is -2.06. The minimum Gasteiger partial charge on any atom is -0.331 e. The monoisotopic (exact) mass is 280 g/mol. The molecule has 0 atom stereocenters. The van der Waals surface area contributed by atoms with Crippen molar-refractivity contribution in [2.75, 3.05) is 0 Å². The van der Waals surface area contributed by atoms with Gasteiger partial charge in [-0.3, -0.25) is 5.10 Å². The van der Waals surface area contributed by atoms with Crippen LogP contribution in [-0.2, 0) is 13.2 Å². The third kappa shape index (κ3) is 1.86. The van der Waals surface area contributed by atoms with E-state index in [9.17, 15) is 13.2 Å². The highest BCUT2D eigenvalue weighted by molar-refractivity contribution is 5.93. The summed E-state index contributed by atoms with van der Waals surface area (Å²) in [6.07, 6.45) is -1.27. The predicted molar refractivity (Wildman–Crippen MR) is 68.0 cm³/mol.